The number of rotatable bonds is 4. The molecular weight excluding hydrogens is 242 g/mol. The summed E-state index contributed by atoms with van der Waals surface area (Å²) in [5.41, 5.74) is 6.20. The second kappa shape index (κ2) is 5.24. The fourth-order valence-electron chi connectivity index (χ4n) is 2.27. The molecule has 98 valence electrons. The normalized spacial score (nSPS) is 15.0. The van der Waals surface area contributed by atoms with Gasteiger partial charge in [-0.2, -0.15) is 0 Å². The lowest BCUT2D eigenvalue weighted by Crippen LogP contribution is -2.30. The van der Waals surface area contributed by atoms with E-state index in [4.69, 9.17) is 5.73 Å². The van der Waals surface area contributed by atoms with Crippen LogP contribution in [0.2, 0.25) is 0 Å². The van der Waals surface area contributed by atoms with Gasteiger partial charge in [0, 0.05) is 34.1 Å². The van der Waals surface area contributed by atoms with Crippen molar-refractivity contribution in [2.75, 3.05) is 0 Å². The standard InChI is InChI=1S/C14H21N3S/c1-9(2)14-16-7-8-17(14)13(11(4)15)12-6-5-10(3)18-12/h5-9,11,13H,15H2,1-4H3. The van der Waals surface area contributed by atoms with E-state index in [1.807, 2.05) is 23.7 Å². The van der Waals surface area contributed by atoms with Gasteiger partial charge in [0.25, 0.3) is 0 Å². The summed E-state index contributed by atoms with van der Waals surface area (Å²) >= 11 is 1.81. The first kappa shape index (κ1) is 13.3. The van der Waals surface area contributed by atoms with Crippen LogP contribution in [-0.2, 0) is 0 Å². The van der Waals surface area contributed by atoms with Gasteiger partial charge in [0.05, 0.1) is 6.04 Å². The molecule has 2 rings (SSSR count). The van der Waals surface area contributed by atoms with E-state index >= 15 is 0 Å². The van der Waals surface area contributed by atoms with Crippen LogP contribution in [0.5, 0.6) is 0 Å². The maximum atomic E-state index is 6.20. The van der Waals surface area contributed by atoms with Crippen molar-refractivity contribution < 1.29 is 0 Å². The first-order chi connectivity index (χ1) is 8.50. The lowest BCUT2D eigenvalue weighted by molar-refractivity contribution is 0.477. The smallest absolute Gasteiger partial charge is 0.111 e. The van der Waals surface area contributed by atoms with E-state index < -0.39 is 0 Å². The maximum Gasteiger partial charge on any atom is 0.111 e. The highest BCUT2D eigenvalue weighted by molar-refractivity contribution is 7.12. The molecule has 0 aromatic carbocycles. The van der Waals surface area contributed by atoms with Gasteiger partial charge in [-0.25, -0.2) is 4.98 Å². The number of nitrogens with zero attached hydrogens (tertiary/aromatic N) is 2. The molecule has 2 N–H and O–H groups in total. The van der Waals surface area contributed by atoms with Crippen LogP contribution < -0.4 is 5.73 Å². The Balaban J connectivity index is 2.45. The molecule has 0 spiro atoms. The number of thiophene rings is 1. The van der Waals surface area contributed by atoms with E-state index in [0.717, 1.165) is 5.82 Å². The van der Waals surface area contributed by atoms with Crippen LogP contribution >= 0.6 is 11.3 Å². The van der Waals surface area contributed by atoms with Gasteiger partial charge in [0.1, 0.15) is 5.82 Å². The number of hydrogen-bond donors (Lipinski definition) is 1. The average molecular weight is 263 g/mol. The third-order valence-electron chi connectivity index (χ3n) is 3.07. The second-order valence-electron chi connectivity index (χ2n) is 5.10. The molecule has 0 aliphatic heterocycles. The number of hydrogen-bond acceptors (Lipinski definition) is 3. The van der Waals surface area contributed by atoms with Crippen LogP contribution in [0, 0.1) is 6.92 Å². The molecular formula is C14H21N3S. The zero-order valence-electron chi connectivity index (χ0n) is 11.4. The van der Waals surface area contributed by atoms with Gasteiger partial charge in [-0.1, -0.05) is 13.8 Å². The zero-order chi connectivity index (χ0) is 13.3. The summed E-state index contributed by atoms with van der Waals surface area (Å²) < 4.78 is 2.22. The van der Waals surface area contributed by atoms with Crippen LogP contribution in [0.15, 0.2) is 24.5 Å². The van der Waals surface area contributed by atoms with E-state index in [-0.39, 0.29) is 12.1 Å². The van der Waals surface area contributed by atoms with Crippen molar-refractivity contribution >= 4 is 11.3 Å². The molecule has 2 atom stereocenters. The molecule has 0 radical (unpaired) electrons. The van der Waals surface area contributed by atoms with Crippen molar-refractivity contribution in [2.24, 2.45) is 5.73 Å². The highest BCUT2D eigenvalue weighted by Gasteiger charge is 2.23. The Morgan fingerprint density at radius 3 is 2.50 bits per heavy atom. The molecule has 0 saturated heterocycles. The van der Waals surface area contributed by atoms with E-state index in [0.29, 0.717) is 5.92 Å². The van der Waals surface area contributed by atoms with Gasteiger partial charge in [0.2, 0.25) is 0 Å². The van der Waals surface area contributed by atoms with Gasteiger partial charge in [0.15, 0.2) is 0 Å². The Hall–Kier alpha value is -1.13. The van der Waals surface area contributed by atoms with Crippen molar-refractivity contribution in [1.82, 2.24) is 9.55 Å². The Morgan fingerprint density at radius 1 is 1.28 bits per heavy atom. The summed E-state index contributed by atoms with van der Waals surface area (Å²) in [5, 5.41) is 0. The van der Waals surface area contributed by atoms with Crippen molar-refractivity contribution in [3.05, 3.63) is 40.1 Å². The summed E-state index contributed by atoms with van der Waals surface area (Å²) in [7, 11) is 0. The average Bonchev–Trinajstić information content (AvgIpc) is 2.88. The molecule has 2 aromatic heterocycles. The van der Waals surface area contributed by atoms with E-state index in [1.54, 1.807) is 0 Å². The largest absolute Gasteiger partial charge is 0.326 e. The summed E-state index contributed by atoms with van der Waals surface area (Å²) in [4.78, 5) is 7.09. The summed E-state index contributed by atoms with van der Waals surface area (Å²) in [6.07, 6.45) is 3.91. The van der Waals surface area contributed by atoms with E-state index in [2.05, 4.69) is 49.4 Å². The molecule has 2 unspecified atom stereocenters. The minimum absolute atomic E-state index is 0.0646. The van der Waals surface area contributed by atoms with Gasteiger partial charge in [-0.15, -0.1) is 11.3 Å². The lowest BCUT2D eigenvalue weighted by Gasteiger charge is -2.24. The Morgan fingerprint density at radius 2 is 2.00 bits per heavy atom. The molecule has 0 aliphatic rings. The van der Waals surface area contributed by atoms with Gasteiger partial charge >= 0.3 is 0 Å². The number of aromatic nitrogens is 2. The maximum absolute atomic E-state index is 6.20. The first-order valence-electron chi connectivity index (χ1n) is 6.35. The topological polar surface area (TPSA) is 43.8 Å². The van der Waals surface area contributed by atoms with Gasteiger partial charge in [-0.3, -0.25) is 0 Å². The summed E-state index contributed by atoms with van der Waals surface area (Å²) in [6, 6.07) is 4.58. The molecule has 0 saturated carbocycles. The second-order valence-corrected chi connectivity index (χ2v) is 6.42. The SMILES string of the molecule is Cc1ccc(C(C(C)N)n2ccnc2C(C)C)s1. The zero-order valence-corrected chi connectivity index (χ0v) is 12.2. The third-order valence-corrected chi connectivity index (χ3v) is 4.14. The fraction of sp³-hybridized carbons (Fsp3) is 0.500. The van der Waals surface area contributed by atoms with Crippen LogP contribution in [0.25, 0.3) is 0 Å². The molecule has 2 heterocycles. The summed E-state index contributed by atoms with van der Waals surface area (Å²) in [6.45, 7) is 8.51. The molecule has 0 bridgehead atoms. The van der Waals surface area contributed by atoms with Gasteiger partial charge in [-0.05, 0) is 26.0 Å². The molecule has 2 aromatic rings. The van der Waals surface area contributed by atoms with Crippen LogP contribution in [0.4, 0.5) is 0 Å². The van der Waals surface area contributed by atoms with Crippen molar-refractivity contribution in [3.8, 4) is 0 Å². The monoisotopic (exact) mass is 263 g/mol. The van der Waals surface area contributed by atoms with Crippen molar-refractivity contribution in [3.63, 3.8) is 0 Å². The Bertz CT molecular complexity index is 511. The quantitative estimate of drug-likeness (QED) is 0.919. The predicted molar refractivity (Wildman–Crippen MR) is 77.2 cm³/mol. The van der Waals surface area contributed by atoms with Crippen LogP contribution in [0.3, 0.4) is 0 Å². The fourth-order valence-corrected chi connectivity index (χ4v) is 3.36. The minimum atomic E-state index is 0.0646. The third kappa shape index (κ3) is 2.49. The van der Waals surface area contributed by atoms with Crippen LogP contribution in [0.1, 0.15) is 48.3 Å². The molecule has 4 heteroatoms. The number of imidazole rings is 1. The van der Waals surface area contributed by atoms with Gasteiger partial charge < -0.3 is 10.3 Å². The van der Waals surface area contributed by atoms with E-state index in [1.165, 1.54) is 9.75 Å². The van der Waals surface area contributed by atoms with Crippen LogP contribution in [-0.4, -0.2) is 15.6 Å². The first-order valence-corrected chi connectivity index (χ1v) is 7.17. The van der Waals surface area contributed by atoms with Crippen molar-refractivity contribution in [1.29, 1.82) is 0 Å². The highest BCUT2D eigenvalue weighted by atomic mass is 32.1. The highest BCUT2D eigenvalue weighted by Crippen LogP contribution is 2.30. The molecule has 0 amide bonds. The Kier molecular flexibility index (Phi) is 3.88. The lowest BCUT2D eigenvalue weighted by atomic mass is 10.1. The molecule has 3 nitrogen and oxygen atoms in total. The Labute approximate surface area is 113 Å². The van der Waals surface area contributed by atoms with Crippen molar-refractivity contribution in [2.45, 2.75) is 45.7 Å². The molecule has 0 aliphatic carbocycles. The predicted octanol–water partition coefficient (Wildman–Crippen LogP) is 3.31. The number of nitrogens with two attached hydrogens (primary N) is 1. The minimum Gasteiger partial charge on any atom is -0.326 e. The summed E-state index contributed by atoms with van der Waals surface area (Å²) in [5.74, 6) is 1.51. The molecule has 0 fully saturated rings. The molecule has 18 heavy (non-hydrogen) atoms. The number of aryl methyl sites for hydroxylation is 1. The van der Waals surface area contributed by atoms with E-state index in [9.17, 15) is 0 Å².